The van der Waals surface area contributed by atoms with Crippen LogP contribution in [-0.4, -0.2) is 24.6 Å². The molecule has 1 N–H and O–H groups in total. The number of carbonyl (C=O) groups is 2. The van der Waals surface area contributed by atoms with Gasteiger partial charge in [-0.25, -0.2) is 4.79 Å². The maximum absolute atomic E-state index is 12.5. The van der Waals surface area contributed by atoms with E-state index in [1.54, 1.807) is 31.2 Å². The summed E-state index contributed by atoms with van der Waals surface area (Å²) in [4.78, 5) is 24.2. The van der Waals surface area contributed by atoms with E-state index in [4.69, 9.17) is 9.47 Å². The van der Waals surface area contributed by atoms with Gasteiger partial charge in [-0.1, -0.05) is 24.6 Å². The third-order valence-electron chi connectivity index (χ3n) is 3.93. The molecular formula is C21H25NO4. The van der Waals surface area contributed by atoms with Crippen molar-refractivity contribution in [2.24, 2.45) is 0 Å². The summed E-state index contributed by atoms with van der Waals surface area (Å²) in [5, 5.41) is 2.83. The summed E-state index contributed by atoms with van der Waals surface area (Å²) in [6.45, 7) is 7.96. The fourth-order valence-corrected chi connectivity index (χ4v) is 2.53. The number of hydrogen-bond acceptors (Lipinski definition) is 4. The molecule has 1 amide bonds. The molecule has 2 rings (SSSR count). The third kappa shape index (κ3) is 5.09. The molecular weight excluding hydrogens is 330 g/mol. The molecule has 0 fully saturated rings. The molecule has 0 aliphatic heterocycles. The lowest BCUT2D eigenvalue weighted by Gasteiger charge is -2.19. The van der Waals surface area contributed by atoms with Crippen LogP contribution in [0.3, 0.4) is 0 Å². The van der Waals surface area contributed by atoms with Crippen LogP contribution < -0.4 is 10.1 Å². The molecule has 5 nitrogen and oxygen atoms in total. The van der Waals surface area contributed by atoms with Crippen molar-refractivity contribution in [3.05, 3.63) is 59.2 Å². The molecule has 1 atom stereocenters. The van der Waals surface area contributed by atoms with Crippen molar-refractivity contribution in [3.63, 3.8) is 0 Å². The first-order chi connectivity index (χ1) is 12.4. The van der Waals surface area contributed by atoms with E-state index in [1.165, 1.54) is 0 Å². The van der Waals surface area contributed by atoms with Crippen LogP contribution in [0, 0.1) is 13.8 Å². The molecule has 0 bridgehead atoms. The van der Waals surface area contributed by atoms with Crippen LogP contribution in [-0.2, 0) is 9.53 Å². The van der Waals surface area contributed by atoms with Crippen molar-refractivity contribution in [1.29, 1.82) is 0 Å². The quantitative estimate of drug-likeness (QED) is 0.753. The predicted octanol–water partition coefficient (Wildman–Crippen LogP) is 4.28. The number of anilines is 1. The van der Waals surface area contributed by atoms with Crippen LogP contribution >= 0.6 is 0 Å². The number of carbonyl (C=O) groups excluding carboxylic acids is 2. The Morgan fingerprint density at radius 2 is 1.73 bits per heavy atom. The lowest BCUT2D eigenvalue weighted by molar-refractivity contribution is -0.122. The van der Waals surface area contributed by atoms with Gasteiger partial charge in [-0.2, -0.15) is 0 Å². The summed E-state index contributed by atoms with van der Waals surface area (Å²) in [6.07, 6.45) is -0.0544. The molecule has 2 aromatic carbocycles. The normalized spacial score (nSPS) is 11.5. The first-order valence-electron chi connectivity index (χ1n) is 8.76. The average Bonchev–Trinajstić information content (AvgIpc) is 2.62. The van der Waals surface area contributed by atoms with Gasteiger partial charge in [-0.05, 0) is 63.1 Å². The highest BCUT2D eigenvalue weighted by Gasteiger charge is 2.19. The van der Waals surface area contributed by atoms with Gasteiger partial charge in [-0.15, -0.1) is 0 Å². The minimum atomic E-state index is -0.596. The van der Waals surface area contributed by atoms with E-state index in [2.05, 4.69) is 5.32 Å². The van der Waals surface area contributed by atoms with E-state index in [1.807, 2.05) is 39.0 Å². The number of nitrogens with one attached hydrogen (secondary N) is 1. The smallest absolute Gasteiger partial charge is 0.338 e. The summed E-state index contributed by atoms with van der Waals surface area (Å²) in [5.41, 5.74) is 3.19. The zero-order chi connectivity index (χ0) is 19.1. The van der Waals surface area contributed by atoms with Crippen molar-refractivity contribution in [3.8, 4) is 5.75 Å². The predicted molar refractivity (Wildman–Crippen MR) is 102 cm³/mol. The Morgan fingerprint density at radius 1 is 1.04 bits per heavy atom. The van der Waals surface area contributed by atoms with Gasteiger partial charge in [0.15, 0.2) is 6.10 Å². The lowest BCUT2D eigenvalue weighted by atomic mass is 10.1. The number of amides is 1. The van der Waals surface area contributed by atoms with Gasteiger partial charge >= 0.3 is 5.97 Å². The molecule has 138 valence electrons. The van der Waals surface area contributed by atoms with Gasteiger partial charge in [0, 0.05) is 5.69 Å². The fourth-order valence-electron chi connectivity index (χ4n) is 2.53. The maximum atomic E-state index is 12.5. The Labute approximate surface area is 154 Å². The molecule has 0 aliphatic rings. The standard InChI is InChI=1S/C21H25NO4/c1-5-18(26-19-12-7-14(3)13-15(19)4)20(23)22-17-10-8-16(9-11-17)21(24)25-6-2/h7-13,18H,5-6H2,1-4H3,(H,22,23). The zero-order valence-corrected chi connectivity index (χ0v) is 15.7. The highest BCUT2D eigenvalue weighted by molar-refractivity contribution is 5.95. The fraction of sp³-hybridized carbons (Fsp3) is 0.333. The molecule has 1 unspecified atom stereocenters. The topological polar surface area (TPSA) is 64.6 Å². The van der Waals surface area contributed by atoms with Crippen molar-refractivity contribution >= 4 is 17.6 Å². The molecule has 0 saturated heterocycles. The summed E-state index contributed by atoms with van der Waals surface area (Å²) in [7, 11) is 0. The second-order valence-corrected chi connectivity index (χ2v) is 6.07. The Kier molecular flexibility index (Phi) is 6.78. The molecule has 5 heteroatoms. The van der Waals surface area contributed by atoms with Gasteiger partial charge in [0.2, 0.25) is 0 Å². The van der Waals surface area contributed by atoms with Gasteiger partial charge < -0.3 is 14.8 Å². The third-order valence-corrected chi connectivity index (χ3v) is 3.93. The van der Waals surface area contributed by atoms with Crippen LogP contribution in [0.15, 0.2) is 42.5 Å². The van der Waals surface area contributed by atoms with E-state index >= 15 is 0 Å². The Bertz CT molecular complexity index is 768. The minimum Gasteiger partial charge on any atom is -0.480 e. The molecule has 0 aromatic heterocycles. The average molecular weight is 355 g/mol. The molecule has 0 saturated carbocycles. The van der Waals surface area contributed by atoms with Gasteiger partial charge in [0.05, 0.1) is 12.2 Å². The second kappa shape index (κ2) is 9.04. The van der Waals surface area contributed by atoms with Crippen LogP contribution in [0.1, 0.15) is 41.8 Å². The largest absolute Gasteiger partial charge is 0.480 e. The number of hydrogen-bond donors (Lipinski definition) is 1. The van der Waals surface area contributed by atoms with E-state index in [9.17, 15) is 9.59 Å². The van der Waals surface area contributed by atoms with E-state index in [-0.39, 0.29) is 11.9 Å². The molecule has 0 aliphatic carbocycles. The molecule has 0 radical (unpaired) electrons. The summed E-state index contributed by atoms with van der Waals surface area (Å²) < 4.78 is 10.8. The Balaban J connectivity index is 2.03. The number of esters is 1. The van der Waals surface area contributed by atoms with E-state index in [0.717, 1.165) is 11.1 Å². The molecule has 26 heavy (non-hydrogen) atoms. The first-order valence-corrected chi connectivity index (χ1v) is 8.76. The zero-order valence-electron chi connectivity index (χ0n) is 15.7. The van der Waals surface area contributed by atoms with E-state index < -0.39 is 6.10 Å². The Hall–Kier alpha value is -2.82. The number of benzene rings is 2. The van der Waals surface area contributed by atoms with Crippen LogP contribution in [0.5, 0.6) is 5.75 Å². The van der Waals surface area contributed by atoms with Crippen molar-refractivity contribution in [2.45, 2.75) is 40.2 Å². The highest BCUT2D eigenvalue weighted by atomic mass is 16.5. The minimum absolute atomic E-state index is 0.226. The van der Waals surface area contributed by atoms with Crippen LogP contribution in [0.25, 0.3) is 0 Å². The molecule has 0 spiro atoms. The molecule has 0 heterocycles. The monoisotopic (exact) mass is 355 g/mol. The summed E-state index contributed by atoms with van der Waals surface area (Å²) in [5.74, 6) is 0.0987. The van der Waals surface area contributed by atoms with Crippen LogP contribution in [0.4, 0.5) is 5.69 Å². The summed E-state index contributed by atoms with van der Waals surface area (Å²) in [6, 6.07) is 12.5. The van der Waals surface area contributed by atoms with Crippen LogP contribution in [0.2, 0.25) is 0 Å². The first kappa shape index (κ1) is 19.5. The van der Waals surface area contributed by atoms with Gasteiger partial charge in [0.1, 0.15) is 5.75 Å². The van der Waals surface area contributed by atoms with Gasteiger partial charge in [0.25, 0.3) is 5.91 Å². The molecule has 2 aromatic rings. The highest BCUT2D eigenvalue weighted by Crippen LogP contribution is 2.21. The summed E-state index contributed by atoms with van der Waals surface area (Å²) >= 11 is 0. The Morgan fingerprint density at radius 3 is 2.31 bits per heavy atom. The number of aryl methyl sites for hydroxylation is 2. The number of ether oxygens (including phenoxy) is 2. The SMILES string of the molecule is CCOC(=O)c1ccc(NC(=O)C(CC)Oc2ccc(C)cc2C)cc1. The number of rotatable bonds is 7. The lowest BCUT2D eigenvalue weighted by Crippen LogP contribution is -2.32. The maximum Gasteiger partial charge on any atom is 0.338 e. The second-order valence-electron chi connectivity index (χ2n) is 6.07. The van der Waals surface area contributed by atoms with Crippen molar-refractivity contribution < 1.29 is 19.1 Å². The van der Waals surface area contributed by atoms with Gasteiger partial charge in [-0.3, -0.25) is 4.79 Å². The van der Waals surface area contributed by atoms with E-state index in [0.29, 0.717) is 30.0 Å². The van der Waals surface area contributed by atoms with Crippen molar-refractivity contribution in [2.75, 3.05) is 11.9 Å². The van der Waals surface area contributed by atoms with Crippen molar-refractivity contribution in [1.82, 2.24) is 0 Å².